The molecule has 0 fully saturated rings. The lowest BCUT2D eigenvalue weighted by molar-refractivity contribution is 0.0951. The van der Waals surface area contributed by atoms with Gasteiger partial charge in [-0.3, -0.25) is 10.1 Å². The Labute approximate surface area is 206 Å². The predicted octanol–water partition coefficient (Wildman–Crippen LogP) is 6.97. The first-order chi connectivity index (χ1) is 16.5. The van der Waals surface area contributed by atoms with Gasteiger partial charge in [-0.2, -0.15) is 0 Å². The van der Waals surface area contributed by atoms with Crippen molar-refractivity contribution in [1.82, 2.24) is 10.3 Å². The van der Waals surface area contributed by atoms with E-state index in [1.54, 1.807) is 23.5 Å². The zero-order valence-electron chi connectivity index (χ0n) is 18.6. The molecule has 1 amide bonds. The van der Waals surface area contributed by atoms with Crippen LogP contribution < -0.4 is 10.6 Å². The fourth-order valence-electron chi connectivity index (χ4n) is 3.53. The second-order valence-electron chi connectivity index (χ2n) is 7.94. The molecule has 0 unspecified atom stereocenters. The first-order valence-electron chi connectivity index (χ1n) is 10.7. The van der Waals surface area contributed by atoms with Crippen molar-refractivity contribution in [3.8, 4) is 21.9 Å². The van der Waals surface area contributed by atoms with Crippen molar-refractivity contribution in [3.05, 3.63) is 95.7 Å². The van der Waals surface area contributed by atoms with Gasteiger partial charge in [0.1, 0.15) is 10.8 Å². The van der Waals surface area contributed by atoms with E-state index in [9.17, 15) is 4.79 Å². The number of rotatable bonds is 4. The Hall–Kier alpha value is -3.81. The highest BCUT2D eigenvalue weighted by Gasteiger charge is 2.14. The predicted molar refractivity (Wildman–Crippen MR) is 142 cm³/mol. The molecule has 2 heterocycles. The SMILES string of the molecule is Cc1ccc(-c2ccc(C(=O)NC(=S)Nc3ccc(-c4nc5ccccc5s4)cc3)o2)cc1C. The molecule has 34 heavy (non-hydrogen) atoms. The van der Waals surface area contributed by atoms with Crippen molar-refractivity contribution in [2.45, 2.75) is 13.8 Å². The number of benzene rings is 3. The second-order valence-corrected chi connectivity index (χ2v) is 9.37. The van der Waals surface area contributed by atoms with Crippen LogP contribution in [0, 0.1) is 13.8 Å². The number of thiocarbonyl (C=S) groups is 1. The number of hydrogen-bond donors (Lipinski definition) is 2. The fourth-order valence-corrected chi connectivity index (χ4v) is 4.71. The summed E-state index contributed by atoms with van der Waals surface area (Å²) in [5.74, 6) is 0.430. The van der Waals surface area contributed by atoms with Crippen molar-refractivity contribution in [1.29, 1.82) is 0 Å². The molecule has 5 nitrogen and oxygen atoms in total. The van der Waals surface area contributed by atoms with Gasteiger partial charge in [-0.25, -0.2) is 4.98 Å². The molecule has 0 aliphatic carbocycles. The minimum Gasteiger partial charge on any atom is -0.451 e. The number of anilines is 1. The van der Waals surface area contributed by atoms with Gasteiger partial charge in [-0.1, -0.05) is 24.3 Å². The Kier molecular flexibility index (Phi) is 5.96. The summed E-state index contributed by atoms with van der Waals surface area (Å²) in [5, 5.41) is 6.87. The average Bonchev–Trinajstić information content (AvgIpc) is 3.49. The monoisotopic (exact) mass is 483 g/mol. The number of fused-ring (bicyclic) bond motifs is 1. The molecular weight excluding hydrogens is 462 g/mol. The van der Waals surface area contributed by atoms with Gasteiger partial charge in [0.2, 0.25) is 0 Å². The van der Waals surface area contributed by atoms with E-state index < -0.39 is 5.91 Å². The van der Waals surface area contributed by atoms with E-state index in [0.29, 0.717) is 5.76 Å². The Morgan fingerprint density at radius 1 is 0.912 bits per heavy atom. The molecule has 2 N–H and O–H groups in total. The number of amides is 1. The number of furan rings is 1. The van der Waals surface area contributed by atoms with Gasteiger partial charge in [0.25, 0.3) is 5.91 Å². The summed E-state index contributed by atoms with van der Waals surface area (Å²) in [6.07, 6.45) is 0. The van der Waals surface area contributed by atoms with E-state index in [0.717, 1.165) is 32.0 Å². The van der Waals surface area contributed by atoms with Crippen molar-refractivity contribution in [2.75, 3.05) is 5.32 Å². The summed E-state index contributed by atoms with van der Waals surface area (Å²) in [5.41, 5.74) is 6.09. The van der Waals surface area contributed by atoms with Crippen LogP contribution in [0.5, 0.6) is 0 Å². The molecule has 0 radical (unpaired) electrons. The standard InChI is InChI=1S/C27H21N3O2S2/c1-16-7-8-19(15-17(16)2)22-13-14-23(32-22)25(31)30-27(33)28-20-11-9-18(10-12-20)26-29-21-5-3-4-6-24(21)34-26/h3-15H,1-2H3,(H2,28,30,31,33). The van der Waals surface area contributed by atoms with Crippen LogP contribution in [-0.2, 0) is 0 Å². The molecule has 5 rings (SSSR count). The number of hydrogen-bond acceptors (Lipinski definition) is 5. The molecule has 0 saturated heterocycles. The van der Waals surface area contributed by atoms with E-state index in [-0.39, 0.29) is 10.9 Å². The molecular formula is C27H21N3O2S2. The van der Waals surface area contributed by atoms with Gasteiger partial charge in [0.05, 0.1) is 10.2 Å². The average molecular weight is 484 g/mol. The molecule has 2 aromatic heterocycles. The zero-order valence-corrected chi connectivity index (χ0v) is 20.2. The van der Waals surface area contributed by atoms with E-state index in [4.69, 9.17) is 16.6 Å². The number of para-hydroxylation sites is 1. The van der Waals surface area contributed by atoms with Crippen LogP contribution in [0.25, 0.3) is 32.1 Å². The Bertz CT molecular complexity index is 1480. The smallest absolute Gasteiger partial charge is 0.293 e. The number of carbonyl (C=O) groups is 1. The lowest BCUT2D eigenvalue weighted by Gasteiger charge is -2.09. The van der Waals surface area contributed by atoms with E-state index >= 15 is 0 Å². The number of aryl methyl sites for hydroxylation is 2. The summed E-state index contributed by atoms with van der Waals surface area (Å²) in [4.78, 5) is 17.3. The van der Waals surface area contributed by atoms with Gasteiger partial charge in [-0.15, -0.1) is 11.3 Å². The highest BCUT2D eigenvalue weighted by molar-refractivity contribution is 7.80. The first-order valence-corrected chi connectivity index (χ1v) is 11.9. The van der Waals surface area contributed by atoms with E-state index in [1.807, 2.05) is 67.6 Å². The molecule has 7 heteroatoms. The second kappa shape index (κ2) is 9.21. The molecule has 0 aliphatic heterocycles. The van der Waals surface area contributed by atoms with Gasteiger partial charge in [-0.05, 0) is 91.8 Å². The summed E-state index contributed by atoms with van der Waals surface area (Å²) >= 11 is 6.97. The quantitative estimate of drug-likeness (QED) is 0.270. The maximum atomic E-state index is 12.6. The minimum absolute atomic E-state index is 0.196. The normalized spacial score (nSPS) is 10.9. The summed E-state index contributed by atoms with van der Waals surface area (Å²) in [6, 6.07) is 25.3. The number of aromatic nitrogens is 1. The maximum absolute atomic E-state index is 12.6. The topological polar surface area (TPSA) is 67.2 Å². The molecule has 0 bridgehead atoms. The third-order valence-corrected chi connectivity index (χ3v) is 6.82. The number of carbonyl (C=O) groups excluding carboxylic acids is 1. The number of nitrogens with zero attached hydrogens (tertiary/aromatic N) is 1. The van der Waals surface area contributed by atoms with Crippen molar-refractivity contribution < 1.29 is 9.21 Å². The lowest BCUT2D eigenvalue weighted by Crippen LogP contribution is -2.33. The van der Waals surface area contributed by atoms with Crippen LogP contribution >= 0.6 is 23.6 Å². The van der Waals surface area contributed by atoms with Crippen LogP contribution in [0.4, 0.5) is 5.69 Å². The number of thiazole rings is 1. The summed E-state index contributed by atoms with van der Waals surface area (Å²) < 4.78 is 6.92. The fraction of sp³-hybridized carbons (Fsp3) is 0.0741. The third-order valence-electron chi connectivity index (χ3n) is 5.53. The van der Waals surface area contributed by atoms with E-state index in [1.165, 1.54) is 11.1 Å². The summed E-state index contributed by atoms with van der Waals surface area (Å²) in [7, 11) is 0. The largest absolute Gasteiger partial charge is 0.451 e. The van der Waals surface area contributed by atoms with Gasteiger partial charge < -0.3 is 9.73 Å². The van der Waals surface area contributed by atoms with Crippen LogP contribution in [-0.4, -0.2) is 16.0 Å². The Morgan fingerprint density at radius 2 is 1.68 bits per heavy atom. The summed E-state index contributed by atoms with van der Waals surface area (Å²) in [6.45, 7) is 4.10. The zero-order chi connectivity index (χ0) is 23.7. The molecule has 0 atom stereocenters. The van der Waals surface area contributed by atoms with E-state index in [2.05, 4.69) is 28.6 Å². The molecule has 168 valence electrons. The van der Waals surface area contributed by atoms with Crippen molar-refractivity contribution in [3.63, 3.8) is 0 Å². The Morgan fingerprint density at radius 3 is 2.44 bits per heavy atom. The molecule has 3 aromatic carbocycles. The van der Waals surface area contributed by atoms with Crippen LogP contribution in [0.15, 0.2) is 83.3 Å². The van der Waals surface area contributed by atoms with Crippen LogP contribution in [0.1, 0.15) is 21.7 Å². The Balaban J connectivity index is 1.22. The highest BCUT2D eigenvalue weighted by atomic mass is 32.1. The molecule has 0 saturated carbocycles. The highest BCUT2D eigenvalue weighted by Crippen LogP contribution is 2.30. The van der Waals surface area contributed by atoms with Crippen LogP contribution in [0.3, 0.4) is 0 Å². The molecule has 0 spiro atoms. The first kappa shape index (κ1) is 22.0. The van der Waals surface area contributed by atoms with Gasteiger partial charge >= 0.3 is 0 Å². The van der Waals surface area contributed by atoms with Crippen molar-refractivity contribution in [2.24, 2.45) is 0 Å². The van der Waals surface area contributed by atoms with Gasteiger partial charge in [0.15, 0.2) is 10.9 Å². The molecule has 0 aliphatic rings. The van der Waals surface area contributed by atoms with Crippen molar-refractivity contribution >= 4 is 50.5 Å². The van der Waals surface area contributed by atoms with Crippen LogP contribution in [0.2, 0.25) is 0 Å². The van der Waals surface area contributed by atoms with Gasteiger partial charge in [0, 0.05) is 16.8 Å². The molecule has 5 aromatic rings. The maximum Gasteiger partial charge on any atom is 0.293 e. The lowest BCUT2D eigenvalue weighted by atomic mass is 10.1. The number of nitrogens with one attached hydrogen (secondary N) is 2. The minimum atomic E-state index is -0.404. The third kappa shape index (κ3) is 4.62.